The fourth-order valence-electron chi connectivity index (χ4n) is 3.70. The number of nitrogens with zero attached hydrogens (tertiary/aromatic N) is 3. The van der Waals surface area contributed by atoms with Gasteiger partial charge in [0, 0.05) is 54.9 Å². The van der Waals surface area contributed by atoms with E-state index in [1.165, 1.54) is 0 Å². The van der Waals surface area contributed by atoms with E-state index in [1.807, 2.05) is 43.6 Å². The van der Waals surface area contributed by atoms with Gasteiger partial charge in [-0.25, -0.2) is 0 Å². The molecule has 1 aliphatic heterocycles. The number of benzene rings is 2. The lowest BCUT2D eigenvalue weighted by Crippen LogP contribution is -2.24. The Morgan fingerprint density at radius 3 is 2.70 bits per heavy atom. The predicted molar refractivity (Wildman–Crippen MR) is 127 cm³/mol. The van der Waals surface area contributed by atoms with Gasteiger partial charge in [-0.15, -0.1) is 0 Å². The zero-order valence-corrected chi connectivity index (χ0v) is 18.4. The largest absolute Gasteiger partial charge is 0.364 e. The van der Waals surface area contributed by atoms with Gasteiger partial charge < -0.3 is 16.0 Å². The highest BCUT2D eigenvalue weighted by molar-refractivity contribution is 6.44. The van der Waals surface area contributed by atoms with Gasteiger partial charge >= 0.3 is 0 Å². The summed E-state index contributed by atoms with van der Waals surface area (Å²) in [7, 11) is 3.61. The van der Waals surface area contributed by atoms with Gasteiger partial charge in [0.15, 0.2) is 0 Å². The molecule has 0 saturated carbocycles. The minimum atomic E-state index is -0.813. The van der Waals surface area contributed by atoms with Gasteiger partial charge in [0.1, 0.15) is 11.6 Å². The lowest BCUT2D eigenvalue weighted by molar-refractivity contribution is -0.128. The maximum Gasteiger partial charge on any atom is 0.267 e. The molecule has 0 bridgehead atoms. The first kappa shape index (κ1) is 21.8. The molecule has 2 amide bonds. The monoisotopic (exact) mass is 440 g/mol. The third kappa shape index (κ3) is 4.77. The zero-order chi connectivity index (χ0) is 23.5. The van der Waals surface area contributed by atoms with Crippen molar-refractivity contribution in [2.24, 2.45) is 18.7 Å². The second-order valence-corrected chi connectivity index (χ2v) is 7.98. The van der Waals surface area contributed by atoms with Crippen LogP contribution in [0.3, 0.4) is 0 Å². The highest BCUT2D eigenvalue weighted by atomic mass is 16.2. The molecule has 0 radical (unpaired) electrons. The Hall–Kier alpha value is -4.38. The van der Waals surface area contributed by atoms with Crippen LogP contribution in [0, 0.1) is 23.2 Å². The predicted octanol–water partition coefficient (Wildman–Crippen LogP) is 2.51. The number of hydrogen-bond acceptors (Lipinski definition) is 5. The Morgan fingerprint density at radius 2 is 2.03 bits per heavy atom. The van der Waals surface area contributed by atoms with Crippen molar-refractivity contribution >= 4 is 28.9 Å². The average Bonchev–Trinajstić information content (AvgIpc) is 3.37. The minimum Gasteiger partial charge on any atom is -0.364 e. The van der Waals surface area contributed by atoms with E-state index in [2.05, 4.69) is 22.3 Å². The molecule has 8 heteroatoms. The number of rotatable bonds is 5. The number of aromatic nitrogens is 2. The van der Waals surface area contributed by atoms with Crippen LogP contribution in [-0.4, -0.2) is 45.8 Å². The Bertz CT molecular complexity index is 1310. The molecule has 0 aliphatic carbocycles. The molecule has 33 heavy (non-hydrogen) atoms. The van der Waals surface area contributed by atoms with Gasteiger partial charge in [-0.05, 0) is 42.3 Å². The van der Waals surface area contributed by atoms with Crippen LogP contribution in [0.5, 0.6) is 0 Å². The second kappa shape index (κ2) is 9.01. The fourth-order valence-corrected chi connectivity index (χ4v) is 3.70. The van der Waals surface area contributed by atoms with Crippen molar-refractivity contribution in [3.05, 3.63) is 66.0 Å². The van der Waals surface area contributed by atoms with Crippen LogP contribution >= 0.6 is 0 Å². The lowest BCUT2D eigenvalue weighted by atomic mass is 10.0. The van der Waals surface area contributed by atoms with Gasteiger partial charge in [-0.1, -0.05) is 24.0 Å². The average molecular weight is 441 g/mol. The van der Waals surface area contributed by atoms with Crippen LogP contribution in [-0.2, 0) is 16.6 Å². The van der Waals surface area contributed by atoms with Gasteiger partial charge in [-0.2, -0.15) is 5.10 Å². The number of carbonyl (C=O) groups is 2. The van der Waals surface area contributed by atoms with Gasteiger partial charge in [0.05, 0.1) is 6.20 Å². The van der Waals surface area contributed by atoms with Gasteiger partial charge in [0.2, 0.25) is 5.91 Å². The van der Waals surface area contributed by atoms with Crippen LogP contribution in [0.25, 0.3) is 11.1 Å². The van der Waals surface area contributed by atoms with E-state index >= 15 is 0 Å². The van der Waals surface area contributed by atoms with Crippen molar-refractivity contribution in [2.75, 3.05) is 18.9 Å². The summed E-state index contributed by atoms with van der Waals surface area (Å²) in [4.78, 5) is 25.5. The van der Waals surface area contributed by atoms with Crippen LogP contribution in [0.1, 0.15) is 17.5 Å². The number of nitrogens with two attached hydrogens (primary N) is 1. The van der Waals surface area contributed by atoms with E-state index in [4.69, 9.17) is 11.1 Å². The van der Waals surface area contributed by atoms with Crippen LogP contribution in [0.2, 0.25) is 0 Å². The molecule has 4 N–H and O–H groups in total. The molecule has 8 nitrogen and oxygen atoms in total. The molecule has 1 fully saturated rings. The van der Waals surface area contributed by atoms with Crippen molar-refractivity contribution in [3.8, 4) is 23.0 Å². The molecular weight excluding hydrogens is 416 g/mol. The maximum absolute atomic E-state index is 12.1. The van der Waals surface area contributed by atoms with Gasteiger partial charge in [0.25, 0.3) is 5.91 Å². The molecule has 4 rings (SSSR count). The molecule has 3 aromatic rings. The van der Waals surface area contributed by atoms with E-state index in [9.17, 15) is 9.59 Å². The number of likely N-dealkylation sites (tertiary alicyclic amines) is 1. The van der Waals surface area contributed by atoms with Crippen LogP contribution in [0.4, 0.5) is 11.4 Å². The molecule has 1 atom stereocenters. The number of carbonyl (C=O) groups excluding carboxylic acids is 2. The quantitative estimate of drug-likeness (QED) is 0.417. The number of hydrogen-bond donors (Lipinski definition) is 3. The van der Waals surface area contributed by atoms with Crippen molar-refractivity contribution in [1.82, 2.24) is 14.7 Å². The first-order valence-electron chi connectivity index (χ1n) is 10.5. The number of amides is 2. The molecule has 2 aromatic carbocycles. The highest BCUT2D eigenvalue weighted by Gasteiger charge is 2.27. The van der Waals surface area contributed by atoms with Crippen molar-refractivity contribution < 1.29 is 9.59 Å². The van der Waals surface area contributed by atoms with Crippen LogP contribution in [0.15, 0.2) is 54.9 Å². The summed E-state index contributed by atoms with van der Waals surface area (Å²) in [5.74, 6) is 5.13. The standard InChI is InChI=1S/C25H24N6O2/c1-30-11-10-17(25(30)33)7-6-16-4-3-5-20(12-16)29-22-9-8-18(19-14-28-31(2)15-19)13-21(22)23(26)24(27)32/h3-5,8-9,12-15,17,26,29H,10-11H2,1-2H3,(H2,27,32). The Balaban J connectivity index is 1.62. The molecular formula is C25H24N6O2. The summed E-state index contributed by atoms with van der Waals surface area (Å²) in [6.07, 6.45) is 4.31. The zero-order valence-electron chi connectivity index (χ0n) is 18.4. The van der Waals surface area contributed by atoms with Gasteiger partial charge in [-0.3, -0.25) is 19.7 Å². The molecule has 1 saturated heterocycles. The highest BCUT2D eigenvalue weighted by Crippen LogP contribution is 2.28. The summed E-state index contributed by atoms with van der Waals surface area (Å²) in [6, 6.07) is 12.9. The van der Waals surface area contributed by atoms with Crippen LogP contribution < -0.4 is 11.1 Å². The van der Waals surface area contributed by atoms with E-state index in [-0.39, 0.29) is 17.5 Å². The smallest absolute Gasteiger partial charge is 0.267 e. The Labute approximate surface area is 191 Å². The summed E-state index contributed by atoms with van der Waals surface area (Å²) in [6.45, 7) is 0.726. The molecule has 2 heterocycles. The normalized spacial score (nSPS) is 15.2. The SMILES string of the molecule is CN1CCC(C#Cc2cccc(Nc3ccc(-c4cnn(C)c4)cc3C(=N)C(N)=O)c2)C1=O. The third-order valence-corrected chi connectivity index (χ3v) is 5.53. The number of anilines is 2. The number of primary amides is 1. The molecule has 1 aromatic heterocycles. The summed E-state index contributed by atoms with van der Waals surface area (Å²) < 4.78 is 1.68. The van der Waals surface area contributed by atoms with E-state index in [0.717, 1.165) is 35.3 Å². The summed E-state index contributed by atoms with van der Waals surface area (Å²) >= 11 is 0. The molecule has 1 unspecified atom stereocenters. The number of nitrogens with one attached hydrogen (secondary N) is 2. The summed E-state index contributed by atoms with van der Waals surface area (Å²) in [5.41, 5.74) is 9.28. The first-order chi connectivity index (χ1) is 15.8. The van der Waals surface area contributed by atoms with Crippen molar-refractivity contribution in [3.63, 3.8) is 0 Å². The number of aryl methyl sites for hydroxylation is 1. The Morgan fingerprint density at radius 1 is 1.21 bits per heavy atom. The van der Waals surface area contributed by atoms with E-state index < -0.39 is 5.91 Å². The minimum absolute atomic E-state index is 0.0556. The first-order valence-corrected chi connectivity index (χ1v) is 10.5. The third-order valence-electron chi connectivity index (χ3n) is 5.53. The Kier molecular flexibility index (Phi) is 5.96. The topological polar surface area (TPSA) is 117 Å². The van der Waals surface area contributed by atoms with E-state index in [1.54, 1.807) is 35.0 Å². The van der Waals surface area contributed by atoms with E-state index in [0.29, 0.717) is 11.3 Å². The molecule has 166 valence electrons. The van der Waals surface area contributed by atoms with Crippen molar-refractivity contribution in [1.29, 1.82) is 5.41 Å². The lowest BCUT2D eigenvalue weighted by Gasteiger charge is -2.14. The fraction of sp³-hybridized carbons (Fsp3) is 0.200. The maximum atomic E-state index is 12.1. The summed E-state index contributed by atoms with van der Waals surface area (Å²) in [5, 5.41) is 15.6. The second-order valence-electron chi connectivity index (χ2n) is 7.98. The molecule has 1 aliphatic rings. The molecule has 0 spiro atoms. The van der Waals surface area contributed by atoms with Crippen molar-refractivity contribution in [2.45, 2.75) is 6.42 Å².